The molecule has 30 heavy (non-hydrogen) atoms. The summed E-state index contributed by atoms with van der Waals surface area (Å²) in [6, 6.07) is 10.3. The van der Waals surface area contributed by atoms with Crippen molar-refractivity contribution in [2.75, 3.05) is 0 Å². The van der Waals surface area contributed by atoms with Crippen molar-refractivity contribution in [3.8, 4) is 16.4 Å². The maximum absolute atomic E-state index is 12.9. The van der Waals surface area contributed by atoms with Gasteiger partial charge in [0.2, 0.25) is 0 Å². The first kappa shape index (κ1) is 19.8. The number of thiazole rings is 1. The van der Waals surface area contributed by atoms with Crippen molar-refractivity contribution in [1.82, 2.24) is 25.1 Å². The Hall–Kier alpha value is -3.53. The van der Waals surface area contributed by atoms with Gasteiger partial charge in [-0.3, -0.25) is 4.79 Å². The molecule has 3 aromatic heterocycles. The number of nitrogens with zero attached hydrogens (tertiary/aromatic N) is 4. The summed E-state index contributed by atoms with van der Waals surface area (Å²) in [7, 11) is 0. The molecular formula is C20H14F3N5OS. The minimum atomic E-state index is -4.44. The summed E-state index contributed by atoms with van der Waals surface area (Å²) in [4.78, 5) is 20.8. The van der Waals surface area contributed by atoms with E-state index in [9.17, 15) is 18.0 Å². The quantitative estimate of drug-likeness (QED) is 0.512. The van der Waals surface area contributed by atoms with E-state index in [-0.39, 0.29) is 12.2 Å². The number of pyridine rings is 1. The average Bonchev–Trinajstić information content (AvgIpc) is 3.44. The van der Waals surface area contributed by atoms with E-state index < -0.39 is 17.6 Å². The molecule has 1 N–H and O–H groups in total. The molecule has 0 saturated heterocycles. The third kappa shape index (κ3) is 4.38. The third-order valence-corrected chi connectivity index (χ3v) is 5.07. The molecule has 0 bridgehead atoms. The van der Waals surface area contributed by atoms with Crippen LogP contribution in [0.1, 0.15) is 21.6 Å². The molecule has 0 aliphatic rings. The van der Waals surface area contributed by atoms with E-state index in [4.69, 9.17) is 0 Å². The fourth-order valence-corrected chi connectivity index (χ4v) is 3.47. The van der Waals surface area contributed by atoms with Gasteiger partial charge in [0.1, 0.15) is 10.7 Å². The van der Waals surface area contributed by atoms with Crippen molar-refractivity contribution in [1.29, 1.82) is 0 Å². The number of amides is 1. The molecule has 1 aromatic carbocycles. The van der Waals surface area contributed by atoms with E-state index in [0.717, 1.165) is 29.0 Å². The summed E-state index contributed by atoms with van der Waals surface area (Å²) in [6.45, 7) is 0.238. The number of hydrogen-bond acceptors (Lipinski definition) is 5. The summed E-state index contributed by atoms with van der Waals surface area (Å²) < 4.78 is 40.3. The van der Waals surface area contributed by atoms with Crippen LogP contribution in [0.2, 0.25) is 0 Å². The zero-order chi connectivity index (χ0) is 21.1. The van der Waals surface area contributed by atoms with Crippen LogP contribution >= 0.6 is 11.3 Å². The SMILES string of the molecule is O=C(NCc1ccc(-n2cccn2)nc1)c1csc(-c2cccc(C(F)(F)F)c2)n1. The third-order valence-electron chi connectivity index (χ3n) is 4.17. The molecule has 0 spiro atoms. The van der Waals surface area contributed by atoms with Crippen LogP contribution in [0.15, 0.2) is 66.4 Å². The van der Waals surface area contributed by atoms with Crippen LogP contribution in [0.25, 0.3) is 16.4 Å². The minimum absolute atomic E-state index is 0.147. The van der Waals surface area contributed by atoms with Crippen LogP contribution in [0.3, 0.4) is 0 Å². The molecule has 4 aromatic rings. The number of alkyl halides is 3. The van der Waals surface area contributed by atoms with Crippen molar-refractivity contribution in [2.24, 2.45) is 0 Å². The highest BCUT2D eigenvalue weighted by Gasteiger charge is 2.30. The Kier molecular flexibility index (Phi) is 5.32. The average molecular weight is 429 g/mol. The minimum Gasteiger partial charge on any atom is -0.347 e. The summed E-state index contributed by atoms with van der Waals surface area (Å²) in [5, 5.41) is 8.69. The van der Waals surface area contributed by atoms with Gasteiger partial charge in [0.25, 0.3) is 5.91 Å². The van der Waals surface area contributed by atoms with Gasteiger partial charge in [0, 0.05) is 36.1 Å². The Balaban J connectivity index is 1.41. The van der Waals surface area contributed by atoms with Gasteiger partial charge in [-0.25, -0.2) is 14.6 Å². The van der Waals surface area contributed by atoms with Crippen LogP contribution in [0.5, 0.6) is 0 Å². The zero-order valence-electron chi connectivity index (χ0n) is 15.3. The van der Waals surface area contributed by atoms with Gasteiger partial charge in [-0.2, -0.15) is 18.3 Å². The van der Waals surface area contributed by atoms with Crippen LogP contribution < -0.4 is 5.32 Å². The number of nitrogens with one attached hydrogen (secondary N) is 1. The van der Waals surface area contributed by atoms with Gasteiger partial charge >= 0.3 is 6.18 Å². The van der Waals surface area contributed by atoms with E-state index in [2.05, 4.69) is 20.4 Å². The highest BCUT2D eigenvalue weighted by molar-refractivity contribution is 7.13. The monoisotopic (exact) mass is 429 g/mol. The van der Waals surface area contributed by atoms with E-state index >= 15 is 0 Å². The summed E-state index contributed by atoms with van der Waals surface area (Å²) in [5.74, 6) is 0.237. The largest absolute Gasteiger partial charge is 0.416 e. The first-order valence-electron chi connectivity index (χ1n) is 8.76. The van der Waals surface area contributed by atoms with Crippen LogP contribution in [-0.2, 0) is 12.7 Å². The second kappa shape index (κ2) is 8.07. The molecule has 0 unspecified atom stereocenters. The van der Waals surface area contributed by atoms with Crippen molar-refractivity contribution in [3.63, 3.8) is 0 Å². The van der Waals surface area contributed by atoms with Crippen LogP contribution in [-0.4, -0.2) is 25.7 Å². The maximum atomic E-state index is 12.9. The van der Waals surface area contributed by atoms with E-state index in [0.29, 0.717) is 16.4 Å². The molecule has 10 heteroatoms. The molecule has 0 atom stereocenters. The van der Waals surface area contributed by atoms with Crippen molar-refractivity contribution in [2.45, 2.75) is 12.7 Å². The molecule has 0 aliphatic heterocycles. The number of carbonyl (C=O) groups is 1. The van der Waals surface area contributed by atoms with E-state index in [1.165, 1.54) is 17.5 Å². The van der Waals surface area contributed by atoms with Gasteiger partial charge in [-0.05, 0) is 29.8 Å². The predicted octanol–water partition coefficient (Wildman–Crippen LogP) is 4.34. The summed E-state index contributed by atoms with van der Waals surface area (Å²) in [5.41, 5.74) is 0.487. The molecule has 0 fully saturated rings. The number of benzene rings is 1. The molecule has 4 rings (SSSR count). The maximum Gasteiger partial charge on any atom is 0.416 e. The Morgan fingerprint density at radius 3 is 2.73 bits per heavy atom. The molecule has 3 heterocycles. The van der Waals surface area contributed by atoms with Gasteiger partial charge in [-0.1, -0.05) is 18.2 Å². The lowest BCUT2D eigenvalue weighted by molar-refractivity contribution is -0.137. The number of halogens is 3. The normalized spacial score (nSPS) is 11.4. The highest BCUT2D eigenvalue weighted by atomic mass is 32.1. The lowest BCUT2D eigenvalue weighted by Gasteiger charge is -2.07. The number of hydrogen-bond donors (Lipinski definition) is 1. The first-order chi connectivity index (χ1) is 14.4. The van der Waals surface area contributed by atoms with E-state index in [1.54, 1.807) is 35.4 Å². The smallest absolute Gasteiger partial charge is 0.347 e. The fraction of sp³-hybridized carbons (Fsp3) is 0.100. The lowest BCUT2D eigenvalue weighted by atomic mass is 10.1. The zero-order valence-corrected chi connectivity index (χ0v) is 16.1. The van der Waals surface area contributed by atoms with Crippen molar-refractivity contribution in [3.05, 3.63) is 83.3 Å². The fourth-order valence-electron chi connectivity index (χ4n) is 2.67. The second-order valence-corrected chi connectivity index (χ2v) is 7.13. The Bertz CT molecular complexity index is 1150. The number of aromatic nitrogens is 4. The van der Waals surface area contributed by atoms with E-state index in [1.807, 2.05) is 6.07 Å². The van der Waals surface area contributed by atoms with Crippen LogP contribution in [0.4, 0.5) is 13.2 Å². The van der Waals surface area contributed by atoms with Gasteiger partial charge in [0.05, 0.1) is 5.56 Å². The number of rotatable bonds is 5. The molecular weight excluding hydrogens is 415 g/mol. The van der Waals surface area contributed by atoms with Crippen molar-refractivity contribution >= 4 is 17.2 Å². The van der Waals surface area contributed by atoms with Gasteiger partial charge in [-0.15, -0.1) is 11.3 Å². The van der Waals surface area contributed by atoms with Gasteiger partial charge < -0.3 is 5.32 Å². The highest BCUT2D eigenvalue weighted by Crippen LogP contribution is 2.33. The topological polar surface area (TPSA) is 72.7 Å². The summed E-state index contributed by atoms with van der Waals surface area (Å²) >= 11 is 1.11. The molecule has 0 radical (unpaired) electrons. The molecule has 0 saturated carbocycles. The Morgan fingerprint density at radius 2 is 2.03 bits per heavy atom. The molecule has 1 amide bonds. The second-order valence-electron chi connectivity index (χ2n) is 6.27. The van der Waals surface area contributed by atoms with Gasteiger partial charge in [0.15, 0.2) is 5.82 Å². The standard InChI is InChI=1S/C20H14F3N5OS/c21-20(22,23)15-4-1-3-14(9-15)19-27-16(12-30-19)18(29)25-11-13-5-6-17(24-10-13)28-8-2-7-26-28/h1-10,12H,11H2,(H,25,29). The Labute approximate surface area is 173 Å². The number of carbonyl (C=O) groups excluding carboxylic acids is 1. The predicted molar refractivity (Wildman–Crippen MR) is 105 cm³/mol. The molecule has 152 valence electrons. The molecule has 0 aliphatic carbocycles. The first-order valence-corrected chi connectivity index (χ1v) is 9.64. The van der Waals surface area contributed by atoms with Crippen LogP contribution in [0, 0.1) is 0 Å². The van der Waals surface area contributed by atoms with Crippen molar-refractivity contribution < 1.29 is 18.0 Å². The Morgan fingerprint density at radius 1 is 1.17 bits per heavy atom. The summed E-state index contributed by atoms with van der Waals surface area (Å²) in [6.07, 6.45) is 0.617. The molecule has 6 nitrogen and oxygen atoms in total. The lowest BCUT2D eigenvalue weighted by Crippen LogP contribution is -2.23.